The van der Waals surface area contributed by atoms with Crippen molar-refractivity contribution in [2.75, 3.05) is 20.6 Å². The van der Waals surface area contributed by atoms with Gasteiger partial charge in [0.25, 0.3) is 0 Å². The molecular weight excluding hydrogens is 200 g/mol. The van der Waals surface area contributed by atoms with E-state index in [9.17, 15) is 4.79 Å². The van der Waals surface area contributed by atoms with Crippen molar-refractivity contribution in [2.45, 2.75) is 6.42 Å². The Bertz CT molecular complexity index is 284. The van der Waals surface area contributed by atoms with Gasteiger partial charge >= 0.3 is 0 Å². The first-order valence-electron chi connectivity index (χ1n) is 5.55. The second-order valence-electron chi connectivity index (χ2n) is 4.42. The van der Waals surface area contributed by atoms with Crippen LogP contribution in [0.1, 0.15) is 6.42 Å². The third-order valence-electron chi connectivity index (χ3n) is 2.55. The van der Waals surface area contributed by atoms with Gasteiger partial charge in [-0.1, -0.05) is 36.4 Å². The fraction of sp³-hybridized carbons (Fsp3) is 0.462. The zero-order valence-corrected chi connectivity index (χ0v) is 9.97. The number of benzene rings is 1. The van der Waals surface area contributed by atoms with Gasteiger partial charge in [0, 0.05) is 12.5 Å². The molecule has 3 nitrogen and oxygen atoms in total. The molecule has 0 saturated heterocycles. The number of carbonyl (C=O) groups excluding carboxylic acids is 1. The summed E-state index contributed by atoms with van der Waals surface area (Å²) in [5.41, 5.74) is 5.11. The van der Waals surface area contributed by atoms with Gasteiger partial charge in [0.15, 0.2) is 0 Å². The van der Waals surface area contributed by atoms with Gasteiger partial charge in [-0.05, 0) is 26.4 Å². The summed E-state index contributed by atoms with van der Waals surface area (Å²) in [5.74, 6) is 0.571. The maximum Gasteiger partial charge on any atom is 0.220 e. The molecule has 0 aliphatic heterocycles. The minimum absolute atomic E-state index is 0.133. The Morgan fingerprint density at radius 2 is 1.62 bits per heavy atom. The van der Waals surface area contributed by atoms with Crippen molar-refractivity contribution in [1.82, 2.24) is 4.90 Å². The van der Waals surface area contributed by atoms with Crippen LogP contribution in [-0.2, 0) is 4.79 Å². The van der Waals surface area contributed by atoms with Crippen LogP contribution in [0.5, 0.6) is 0 Å². The lowest BCUT2D eigenvalue weighted by atomic mass is 10.3. The van der Waals surface area contributed by atoms with Gasteiger partial charge in [-0.3, -0.25) is 4.79 Å². The molecule has 1 fully saturated rings. The lowest BCUT2D eigenvalue weighted by molar-refractivity contribution is -0.119. The van der Waals surface area contributed by atoms with E-state index in [0.717, 1.165) is 13.0 Å². The Balaban J connectivity index is 0.000000181. The largest absolute Gasteiger partial charge is 0.369 e. The van der Waals surface area contributed by atoms with Crippen molar-refractivity contribution in [1.29, 1.82) is 0 Å². The first-order chi connectivity index (χ1) is 7.61. The monoisotopic (exact) mass is 220 g/mol. The molecule has 2 rings (SSSR count). The van der Waals surface area contributed by atoms with Crippen LogP contribution in [0.25, 0.3) is 0 Å². The van der Waals surface area contributed by atoms with Crippen molar-refractivity contribution in [3.8, 4) is 0 Å². The summed E-state index contributed by atoms with van der Waals surface area (Å²) in [6.07, 6.45) is 0.994. The van der Waals surface area contributed by atoms with Crippen LogP contribution in [0.4, 0.5) is 0 Å². The molecule has 1 aliphatic carbocycles. The summed E-state index contributed by atoms with van der Waals surface area (Å²) < 4.78 is 0. The summed E-state index contributed by atoms with van der Waals surface area (Å²) >= 11 is 0. The SMILES string of the molecule is CN(C)CC1CC1C(N)=O.c1ccccc1. The van der Waals surface area contributed by atoms with Crippen molar-refractivity contribution in [3.63, 3.8) is 0 Å². The maximum absolute atomic E-state index is 10.6. The van der Waals surface area contributed by atoms with Crippen molar-refractivity contribution in [2.24, 2.45) is 17.6 Å². The summed E-state index contributed by atoms with van der Waals surface area (Å²) in [4.78, 5) is 12.6. The van der Waals surface area contributed by atoms with E-state index < -0.39 is 0 Å². The normalized spacial score (nSPS) is 22.2. The number of amides is 1. The van der Waals surface area contributed by atoms with Crippen LogP contribution in [-0.4, -0.2) is 31.4 Å². The molecular formula is C13H20N2O. The van der Waals surface area contributed by atoms with Crippen molar-refractivity contribution in [3.05, 3.63) is 36.4 Å². The summed E-state index contributed by atoms with van der Waals surface area (Å²) in [6, 6.07) is 12.0. The van der Waals surface area contributed by atoms with E-state index >= 15 is 0 Å². The van der Waals surface area contributed by atoms with Crippen molar-refractivity contribution < 1.29 is 4.79 Å². The zero-order valence-electron chi connectivity index (χ0n) is 9.97. The van der Waals surface area contributed by atoms with E-state index in [1.807, 2.05) is 50.5 Å². The Morgan fingerprint density at radius 3 is 1.88 bits per heavy atom. The Hall–Kier alpha value is -1.35. The van der Waals surface area contributed by atoms with Gasteiger partial charge < -0.3 is 10.6 Å². The van der Waals surface area contributed by atoms with Gasteiger partial charge in [0.05, 0.1) is 0 Å². The highest BCUT2D eigenvalue weighted by molar-refractivity contribution is 5.79. The van der Waals surface area contributed by atoms with Crippen LogP contribution in [0, 0.1) is 11.8 Å². The van der Waals surface area contributed by atoms with Gasteiger partial charge in [-0.25, -0.2) is 0 Å². The number of carbonyl (C=O) groups is 1. The first kappa shape index (κ1) is 12.7. The standard InChI is InChI=1S/C7H14N2O.C6H6/c1-9(2)4-5-3-6(5)7(8)10;1-2-4-6-5-3-1/h5-6H,3-4H2,1-2H3,(H2,8,10);1-6H. The third kappa shape index (κ3) is 4.94. The minimum atomic E-state index is -0.133. The molecule has 1 aromatic carbocycles. The molecule has 3 heteroatoms. The maximum atomic E-state index is 10.6. The molecule has 0 radical (unpaired) electrons. The molecule has 88 valence electrons. The Kier molecular flexibility index (Phi) is 4.99. The molecule has 0 spiro atoms. The highest BCUT2D eigenvalue weighted by Crippen LogP contribution is 2.38. The molecule has 0 aromatic heterocycles. The smallest absolute Gasteiger partial charge is 0.220 e. The summed E-state index contributed by atoms with van der Waals surface area (Å²) in [7, 11) is 4.02. The Labute approximate surface area is 97.2 Å². The lowest BCUT2D eigenvalue weighted by Crippen LogP contribution is -2.20. The number of hydrogen-bond donors (Lipinski definition) is 1. The topological polar surface area (TPSA) is 46.3 Å². The van der Waals surface area contributed by atoms with E-state index in [4.69, 9.17) is 5.73 Å². The van der Waals surface area contributed by atoms with E-state index in [0.29, 0.717) is 5.92 Å². The summed E-state index contributed by atoms with van der Waals surface area (Å²) in [6.45, 7) is 0.994. The molecule has 1 aliphatic rings. The first-order valence-corrected chi connectivity index (χ1v) is 5.55. The predicted molar refractivity (Wildman–Crippen MR) is 65.8 cm³/mol. The average Bonchev–Trinajstić information content (AvgIpc) is 3.00. The van der Waals surface area contributed by atoms with Gasteiger partial charge in [0.1, 0.15) is 0 Å². The van der Waals surface area contributed by atoms with Gasteiger partial charge in [0.2, 0.25) is 5.91 Å². The molecule has 1 saturated carbocycles. The number of rotatable bonds is 3. The average molecular weight is 220 g/mol. The van der Waals surface area contributed by atoms with Gasteiger partial charge in [-0.2, -0.15) is 0 Å². The third-order valence-corrected chi connectivity index (χ3v) is 2.55. The van der Waals surface area contributed by atoms with E-state index in [2.05, 4.69) is 4.90 Å². The van der Waals surface area contributed by atoms with E-state index in [1.165, 1.54) is 0 Å². The van der Waals surface area contributed by atoms with Crippen LogP contribution in [0.3, 0.4) is 0 Å². The molecule has 2 N–H and O–H groups in total. The van der Waals surface area contributed by atoms with Gasteiger partial charge in [-0.15, -0.1) is 0 Å². The highest BCUT2D eigenvalue weighted by Gasteiger charge is 2.41. The molecule has 1 amide bonds. The van der Waals surface area contributed by atoms with Crippen LogP contribution < -0.4 is 5.73 Å². The molecule has 0 bridgehead atoms. The molecule has 1 aromatic rings. The second-order valence-corrected chi connectivity index (χ2v) is 4.42. The van der Waals surface area contributed by atoms with Crippen LogP contribution in [0.2, 0.25) is 0 Å². The number of hydrogen-bond acceptors (Lipinski definition) is 2. The fourth-order valence-corrected chi connectivity index (χ4v) is 1.65. The minimum Gasteiger partial charge on any atom is -0.369 e. The Morgan fingerprint density at radius 1 is 1.19 bits per heavy atom. The second kappa shape index (κ2) is 6.28. The number of nitrogens with zero attached hydrogens (tertiary/aromatic N) is 1. The molecule has 16 heavy (non-hydrogen) atoms. The lowest BCUT2D eigenvalue weighted by Gasteiger charge is -2.06. The predicted octanol–water partition coefficient (Wildman–Crippen LogP) is 1.36. The molecule has 0 heterocycles. The molecule has 2 unspecified atom stereocenters. The summed E-state index contributed by atoms with van der Waals surface area (Å²) in [5, 5.41) is 0. The van der Waals surface area contributed by atoms with Crippen LogP contribution in [0.15, 0.2) is 36.4 Å². The van der Waals surface area contributed by atoms with Crippen LogP contribution >= 0.6 is 0 Å². The number of primary amides is 1. The highest BCUT2D eigenvalue weighted by atomic mass is 16.1. The number of nitrogens with two attached hydrogens (primary N) is 1. The molecule has 2 atom stereocenters. The van der Waals surface area contributed by atoms with Crippen molar-refractivity contribution >= 4 is 5.91 Å². The quantitative estimate of drug-likeness (QED) is 0.836. The zero-order chi connectivity index (χ0) is 12.0. The van der Waals surface area contributed by atoms with E-state index in [-0.39, 0.29) is 11.8 Å². The van der Waals surface area contributed by atoms with E-state index in [1.54, 1.807) is 0 Å². The fourth-order valence-electron chi connectivity index (χ4n) is 1.65.